The van der Waals surface area contributed by atoms with Gasteiger partial charge >= 0.3 is 0 Å². The molecule has 0 saturated carbocycles. The van der Waals surface area contributed by atoms with E-state index in [1.807, 2.05) is 19.1 Å². The Kier molecular flexibility index (Phi) is 3.83. The highest BCUT2D eigenvalue weighted by Gasteiger charge is 2.41. The van der Waals surface area contributed by atoms with Crippen LogP contribution in [0.3, 0.4) is 0 Å². The van der Waals surface area contributed by atoms with Crippen LogP contribution in [0.5, 0.6) is 0 Å². The number of nitriles is 1. The lowest BCUT2D eigenvalue weighted by atomic mass is 9.86. The molecule has 2 saturated heterocycles. The van der Waals surface area contributed by atoms with E-state index in [1.54, 1.807) is 0 Å². The number of hydrogen-bond donors (Lipinski definition) is 0. The average Bonchev–Trinajstić information content (AvgIpc) is 2.51. The van der Waals surface area contributed by atoms with Crippen molar-refractivity contribution in [3.05, 3.63) is 23.4 Å². The Labute approximate surface area is 126 Å². The maximum absolute atomic E-state index is 9.35. The van der Waals surface area contributed by atoms with Crippen molar-refractivity contribution < 1.29 is 4.74 Å². The first kappa shape index (κ1) is 14.3. The molecule has 5 heteroatoms. The maximum Gasteiger partial charge on any atom is 0.146 e. The quantitative estimate of drug-likeness (QED) is 0.784. The lowest BCUT2D eigenvalue weighted by Crippen LogP contribution is -2.63. The molecule has 1 aromatic rings. The van der Waals surface area contributed by atoms with Crippen LogP contribution in [0.25, 0.3) is 0 Å². The number of ether oxygens (including phenoxy) is 1. The second kappa shape index (κ2) is 5.63. The number of aryl methyl sites for hydroxylation is 1. The summed E-state index contributed by atoms with van der Waals surface area (Å²) in [4.78, 5) is 9.38. The molecule has 2 aliphatic rings. The van der Waals surface area contributed by atoms with Crippen LogP contribution in [0.2, 0.25) is 0 Å². The molecule has 2 aliphatic heterocycles. The monoisotopic (exact) mass is 286 g/mol. The zero-order valence-electron chi connectivity index (χ0n) is 12.8. The Balaban J connectivity index is 1.90. The van der Waals surface area contributed by atoms with Gasteiger partial charge in [-0.25, -0.2) is 4.98 Å². The first-order chi connectivity index (χ1) is 10.1. The minimum Gasteiger partial charge on any atom is -0.381 e. The van der Waals surface area contributed by atoms with Gasteiger partial charge in [0.05, 0.1) is 5.56 Å². The Morgan fingerprint density at radius 2 is 2.05 bits per heavy atom. The van der Waals surface area contributed by atoms with Crippen LogP contribution < -0.4 is 4.90 Å². The Bertz CT molecular complexity index is 560. The second-order valence-corrected chi connectivity index (χ2v) is 6.12. The molecule has 0 aromatic carbocycles. The second-order valence-electron chi connectivity index (χ2n) is 6.12. The van der Waals surface area contributed by atoms with Gasteiger partial charge in [-0.2, -0.15) is 5.26 Å². The minimum atomic E-state index is 0.161. The molecule has 1 spiro atoms. The Hall–Kier alpha value is -1.64. The van der Waals surface area contributed by atoms with Gasteiger partial charge in [-0.05, 0) is 38.9 Å². The van der Waals surface area contributed by atoms with E-state index in [-0.39, 0.29) is 5.54 Å². The van der Waals surface area contributed by atoms with E-state index in [2.05, 4.69) is 27.9 Å². The molecule has 0 amide bonds. The van der Waals surface area contributed by atoms with Crippen molar-refractivity contribution in [2.45, 2.75) is 25.3 Å². The summed E-state index contributed by atoms with van der Waals surface area (Å²) in [6, 6.07) is 6.07. The number of nitrogens with zero attached hydrogens (tertiary/aromatic N) is 4. The third kappa shape index (κ3) is 2.61. The summed E-state index contributed by atoms with van der Waals surface area (Å²) in [5.74, 6) is 0.844. The smallest absolute Gasteiger partial charge is 0.146 e. The van der Waals surface area contributed by atoms with Crippen molar-refractivity contribution in [1.82, 2.24) is 9.88 Å². The molecular weight excluding hydrogens is 264 g/mol. The van der Waals surface area contributed by atoms with Crippen LogP contribution in [-0.4, -0.2) is 55.3 Å². The van der Waals surface area contributed by atoms with Gasteiger partial charge in [-0.3, -0.25) is 4.90 Å². The fourth-order valence-electron chi connectivity index (χ4n) is 3.41. The Morgan fingerprint density at radius 1 is 1.29 bits per heavy atom. The number of aromatic nitrogens is 1. The SMILES string of the molecule is Cc1ccc(C#N)c(N2CCN(C)C3(CCOCC3)C2)n1. The van der Waals surface area contributed by atoms with E-state index in [4.69, 9.17) is 4.74 Å². The topological polar surface area (TPSA) is 52.4 Å². The third-order valence-electron chi connectivity index (χ3n) is 4.86. The molecule has 3 heterocycles. The van der Waals surface area contributed by atoms with Gasteiger partial charge < -0.3 is 9.64 Å². The molecule has 3 rings (SSSR count). The number of piperazine rings is 1. The maximum atomic E-state index is 9.35. The third-order valence-corrected chi connectivity index (χ3v) is 4.86. The predicted octanol–water partition coefficient (Wildman–Crippen LogP) is 1.56. The van der Waals surface area contributed by atoms with Gasteiger partial charge in [0.2, 0.25) is 0 Å². The predicted molar refractivity (Wildman–Crippen MR) is 81.3 cm³/mol. The highest BCUT2D eigenvalue weighted by molar-refractivity contribution is 5.55. The van der Waals surface area contributed by atoms with Gasteiger partial charge in [0.15, 0.2) is 0 Å². The van der Waals surface area contributed by atoms with Crippen molar-refractivity contribution in [3.8, 4) is 6.07 Å². The van der Waals surface area contributed by atoms with Crippen molar-refractivity contribution in [2.75, 3.05) is 44.8 Å². The molecule has 0 aliphatic carbocycles. The summed E-state index contributed by atoms with van der Waals surface area (Å²) in [7, 11) is 2.21. The van der Waals surface area contributed by atoms with E-state index in [0.717, 1.165) is 57.2 Å². The number of pyridine rings is 1. The summed E-state index contributed by atoms with van der Waals surface area (Å²) in [6.07, 6.45) is 2.10. The fraction of sp³-hybridized carbons (Fsp3) is 0.625. The highest BCUT2D eigenvalue weighted by Crippen LogP contribution is 2.33. The number of likely N-dealkylation sites (N-methyl/N-ethyl adjacent to an activating group) is 1. The van der Waals surface area contributed by atoms with Gasteiger partial charge in [0.1, 0.15) is 11.9 Å². The molecular formula is C16H22N4O. The van der Waals surface area contributed by atoms with E-state index < -0.39 is 0 Å². The van der Waals surface area contributed by atoms with Crippen LogP contribution >= 0.6 is 0 Å². The van der Waals surface area contributed by atoms with Crippen LogP contribution in [-0.2, 0) is 4.74 Å². The summed E-state index contributed by atoms with van der Waals surface area (Å²) >= 11 is 0. The molecule has 21 heavy (non-hydrogen) atoms. The number of hydrogen-bond acceptors (Lipinski definition) is 5. The summed E-state index contributed by atoms with van der Waals surface area (Å²) < 4.78 is 5.54. The van der Waals surface area contributed by atoms with Gasteiger partial charge in [0, 0.05) is 44.1 Å². The van der Waals surface area contributed by atoms with Gasteiger partial charge in [0.25, 0.3) is 0 Å². The van der Waals surface area contributed by atoms with Crippen LogP contribution in [0, 0.1) is 18.3 Å². The van der Waals surface area contributed by atoms with Crippen molar-refractivity contribution in [2.24, 2.45) is 0 Å². The molecule has 112 valence electrons. The first-order valence-electron chi connectivity index (χ1n) is 7.56. The molecule has 0 atom stereocenters. The standard InChI is InChI=1S/C16H22N4O/c1-13-3-4-14(11-17)15(18-13)20-8-7-19(2)16(12-20)5-9-21-10-6-16/h3-4H,5-10,12H2,1-2H3. The molecule has 1 aromatic heterocycles. The molecule has 0 bridgehead atoms. The summed E-state index contributed by atoms with van der Waals surface area (Å²) in [5, 5.41) is 9.35. The molecule has 0 N–H and O–H groups in total. The largest absolute Gasteiger partial charge is 0.381 e. The van der Waals surface area contributed by atoms with Crippen LogP contribution in [0.15, 0.2) is 12.1 Å². The van der Waals surface area contributed by atoms with E-state index in [0.29, 0.717) is 5.56 Å². The minimum absolute atomic E-state index is 0.161. The van der Waals surface area contributed by atoms with E-state index in [1.165, 1.54) is 0 Å². The summed E-state index contributed by atoms with van der Waals surface area (Å²) in [5.41, 5.74) is 1.80. The highest BCUT2D eigenvalue weighted by atomic mass is 16.5. The van der Waals surface area contributed by atoms with Crippen LogP contribution in [0.1, 0.15) is 24.1 Å². The molecule has 0 radical (unpaired) electrons. The fourth-order valence-corrected chi connectivity index (χ4v) is 3.41. The molecule has 0 unspecified atom stereocenters. The zero-order valence-corrected chi connectivity index (χ0v) is 12.8. The average molecular weight is 286 g/mol. The van der Waals surface area contributed by atoms with Gasteiger partial charge in [-0.15, -0.1) is 0 Å². The number of anilines is 1. The van der Waals surface area contributed by atoms with Crippen molar-refractivity contribution in [3.63, 3.8) is 0 Å². The van der Waals surface area contributed by atoms with Crippen molar-refractivity contribution >= 4 is 5.82 Å². The van der Waals surface area contributed by atoms with Crippen LogP contribution in [0.4, 0.5) is 5.82 Å². The van der Waals surface area contributed by atoms with E-state index in [9.17, 15) is 5.26 Å². The van der Waals surface area contributed by atoms with Gasteiger partial charge in [-0.1, -0.05) is 0 Å². The Morgan fingerprint density at radius 3 is 2.76 bits per heavy atom. The lowest BCUT2D eigenvalue weighted by Gasteiger charge is -2.51. The zero-order chi connectivity index (χ0) is 14.9. The first-order valence-corrected chi connectivity index (χ1v) is 7.56. The lowest BCUT2D eigenvalue weighted by molar-refractivity contribution is -0.0221. The summed E-state index contributed by atoms with van der Waals surface area (Å²) in [6.45, 7) is 6.47. The normalized spacial score (nSPS) is 22.2. The van der Waals surface area contributed by atoms with Crippen molar-refractivity contribution in [1.29, 1.82) is 5.26 Å². The molecule has 5 nitrogen and oxygen atoms in total. The number of rotatable bonds is 1. The van der Waals surface area contributed by atoms with E-state index >= 15 is 0 Å². The molecule has 2 fully saturated rings.